The third kappa shape index (κ3) is 4.94. The van der Waals surface area contributed by atoms with E-state index in [9.17, 15) is 4.79 Å². The molecular weight excluding hydrogens is 288 g/mol. The van der Waals surface area contributed by atoms with E-state index in [0.29, 0.717) is 11.5 Å². The molecule has 2 aromatic carbocycles. The Morgan fingerprint density at radius 3 is 2.40 bits per heavy atom. The second kappa shape index (κ2) is 8.02. The molecule has 0 atom stereocenters. The Bertz CT molecular complexity index is 538. The third-order valence-electron chi connectivity index (χ3n) is 2.66. The van der Waals surface area contributed by atoms with Crippen LogP contribution < -0.4 is 4.74 Å². The number of thioether (sulfide) groups is 2. The second-order valence-corrected chi connectivity index (χ2v) is 6.19. The number of methoxy groups -OCH3 is 1. The number of carbonyl (C=O) groups excluding carboxylic acids is 1. The first-order valence-electron chi connectivity index (χ1n) is 6.24. The van der Waals surface area contributed by atoms with E-state index in [2.05, 4.69) is 0 Å². The molecule has 0 saturated heterocycles. The van der Waals surface area contributed by atoms with Crippen molar-refractivity contribution in [3.05, 3.63) is 60.2 Å². The smallest absolute Gasteiger partial charge is 0.199 e. The van der Waals surface area contributed by atoms with E-state index < -0.39 is 0 Å². The quantitative estimate of drug-likeness (QED) is 0.745. The molecule has 0 unspecified atom stereocenters. The summed E-state index contributed by atoms with van der Waals surface area (Å²) in [5.74, 6) is 2.05. The molecule has 0 heterocycles. The molecule has 0 aromatic heterocycles. The van der Waals surface area contributed by atoms with Crippen LogP contribution in [0.2, 0.25) is 0 Å². The van der Waals surface area contributed by atoms with Crippen molar-refractivity contribution in [3.63, 3.8) is 0 Å². The maximum absolute atomic E-state index is 11.8. The van der Waals surface area contributed by atoms with E-state index in [1.807, 2.05) is 54.6 Å². The van der Waals surface area contributed by atoms with Crippen molar-refractivity contribution in [2.75, 3.05) is 12.9 Å². The topological polar surface area (TPSA) is 26.3 Å². The summed E-state index contributed by atoms with van der Waals surface area (Å²) >= 11 is 2.94. The van der Waals surface area contributed by atoms with Gasteiger partial charge in [-0.1, -0.05) is 42.1 Å². The van der Waals surface area contributed by atoms with Gasteiger partial charge in [-0.2, -0.15) is 0 Å². The average Bonchev–Trinajstić information content (AvgIpc) is 2.52. The SMILES string of the molecule is COc1ccc(CSC(=O)CSc2ccccc2)cc1. The van der Waals surface area contributed by atoms with Crippen molar-refractivity contribution < 1.29 is 9.53 Å². The van der Waals surface area contributed by atoms with Gasteiger partial charge in [-0.25, -0.2) is 0 Å². The minimum absolute atomic E-state index is 0.203. The van der Waals surface area contributed by atoms with Crippen LogP contribution in [0, 0.1) is 0 Å². The minimum Gasteiger partial charge on any atom is -0.497 e. The van der Waals surface area contributed by atoms with Crippen LogP contribution in [0.3, 0.4) is 0 Å². The van der Waals surface area contributed by atoms with E-state index in [1.54, 1.807) is 18.9 Å². The molecule has 0 N–H and O–H groups in total. The standard InChI is InChI=1S/C16H16O2S2/c1-18-14-9-7-13(8-10-14)11-20-16(17)12-19-15-5-3-2-4-6-15/h2-10H,11-12H2,1H3. The number of carbonyl (C=O) groups is 1. The van der Waals surface area contributed by atoms with Crippen LogP contribution in [0.25, 0.3) is 0 Å². The lowest BCUT2D eigenvalue weighted by atomic mass is 10.2. The molecule has 0 bridgehead atoms. The predicted molar refractivity (Wildman–Crippen MR) is 86.5 cm³/mol. The van der Waals surface area contributed by atoms with Crippen molar-refractivity contribution in [2.24, 2.45) is 0 Å². The molecular formula is C16H16O2S2. The summed E-state index contributed by atoms with van der Waals surface area (Å²) in [4.78, 5) is 13.0. The Kier molecular flexibility index (Phi) is 6.02. The maximum atomic E-state index is 11.8. The fourth-order valence-electron chi connectivity index (χ4n) is 1.59. The van der Waals surface area contributed by atoms with E-state index in [4.69, 9.17) is 4.74 Å². The monoisotopic (exact) mass is 304 g/mol. The molecule has 2 aromatic rings. The molecule has 4 heteroatoms. The summed E-state index contributed by atoms with van der Waals surface area (Å²) in [7, 11) is 1.65. The highest BCUT2D eigenvalue weighted by atomic mass is 32.2. The fourth-order valence-corrected chi connectivity index (χ4v) is 3.25. The molecule has 0 amide bonds. The van der Waals surface area contributed by atoms with Crippen LogP contribution in [-0.4, -0.2) is 18.0 Å². The zero-order valence-electron chi connectivity index (χ0n) is 11.2. The van der Waals surface area contributed by atoms with Gasteiger partial charge in [-0.15, -0.1) is 11.8 Å². The number of ether oxygens (including phenoxy) is 1. The average molecular weight is 304 g/mol. The Balaban J connectivity index is 1.74. The molecule has 104 valence electrons. The summed E-state index contributed by atoms with van der Waals surface area (Å²) in [6, 6.07) is 17.8. The second-order valence-electron chi connectivity index (χ2n) is 4.11. The van der Waals surface area contributed by atoms with E-state index in [1.165, 1.54) is 11.8 Å². The fraction of sp³-hybridized carbons (Fsp3) is 0.188. The van der Waals surface area contributed by atoms with E-state index in [-0.39, 0.29) is 5.12 Å². The first kappa shape index (κ1) is 15.0. The first-order chi connectivity index (χ1) is 9.78. The van der Waals surface area contributed by atoms with Crippen LogP contribution in [0.15, 0.2) is 59.5 Å². The van der Waals surface area contributed by atoms with Crippen LogP contribution in [0.1, 0.15) is 5.56 Å². The summed E-state index contributed by atoms with van der Waals surface area (Å²) in [6.07, 6.45) is 0. The highest BCUT2D eigenvalue weighted by Crippen LogP contribution is 2.22. The van der Waals surface area contributed by atoms with Crippen molar-refractivity contribution >= 4 is 28.6 Å². The minimum atomic E-state index is 0.203. The first-order valence-corrected chi connectivity index (χ1v) is 8.21. The highest BCUT2D eigenvalue weighted by Gasteiger charge is 2.05. The summed E-state index contributed by atoms with van der Waals surface area (Å²) in [6.45, 7) is 0. The Hall–Kier alpha value is -1.39. The maximum Gasteiger partial charge on any atom is 0.199 e. The number of hydrogen-bond donors (Lipinski definition) is 0. The largest absolute Gasteiger partial charge is 0.497 e. The Morgan fingerprint density at radius 2 is 1.75 bits per heavy atom. The molecule has 2 rings (SSSR count). The molecule has 0 aliphatic carbocycles. The van der Waals surface area contributed by atoms with Gasteiger partial charge in [-0.3, -0.25) is 4.79 Å². The summed E-state index contributed by atoms with van der Waals surface area (Å²) in [5, 5.41) is 0.203. The van der Waals surface area contributed by atoms with E-state index >= 15 is 0 Å². The number of rotatable bonds is 6. The summed E-state index contributed by atoms with van der Waals surface area (Å²) < 4.78 is 5.11. The molecule has 0 aliphatic heterocycles. The highest BCUT2D eigenvalue weighted by molar-refractivity contribution is 8.15. The van der Waals surface area contributed by atoms with E-state index in [0.717, 1.165) is 16.2 Å². The zero-order chi connectivity index (χ0) is 14.2. The molecule has 0 spiro atoms. The number of hydrogen-bond acceptors (Lipinski definition) is 4. The van der Waals surface area contributed by atoms with Crippen LogP contribution >= 0.6 is 23.5 Å². The lowest BCUT2D eigenvalue weighted by molar-refractivity contribution is -0.108. The van der Waals surface area contributed by atoms with Gasteiger partial charge in [0.15, 0.2) is 5.12 Å². The molecule has 0 radical (unpaired) electrons. The van der Waals surface area contributed by atoms with Gasteiger partial charge in [0.2, 0.25) is 0 Å². The third-order valence-corrected chi connectivity index (χ3v) is 4.80. The van der Waals surface area contributed by atoms with Crippen LogP contribution in [0.4, 0.5) is 0 Å². The van der Waals surface area contributed by atoms with Crippen molar-refractivity contribution in [3.8, 4) is 5.75 Å². The lowest BCUT2D eigenvalue weighted by Crippen LogP contribution is -1.96. The zero-order valence-corrected chi connectivity index (χ0v) is 12.9. The molecule has 0 saturated carbocycles. The lowest BCUT2D eigenvalue weighted by Gasteiger charge is -2.03. The van der Waals surface area contributed by atoms with Gasteiger partial charge in [0, 0.05) is 10.6 Å². The van der Waals surface area contributed by atoms with Gasteiger partial charge >= 0.3 is 0 Å². The normalized spacial score (nSPS) is 10.2. The predicted octanol–water partition coefficient (Wildman–Crippen LogP) is 4.25. The molecule has 0 fully saturated rings. The van der Waals surface area contributed by atoms with Gasteiger partial charge in [0.1, 0.15) is 5.75 Å². The van der Waals surface area contributed by atoms with Crippen molar-refractivity contribution in [2.45, 2.75) is 10.6 Å². The van der Waals surface area contributed by atoms with Crippen molar-refractivity contribution in [1.82, 2.24) is 0 Å². The van der Waals surface area contributed by atoms with Crippen molar-refractivity contribution in [1.29, 1.82) is 0 Å². The number of benzene rings is 2. The summed E-state index contributed by atoms with van der Waals surface area (Å²) in [5.41, 5.74) is 1.13. The molecule has 20 heavy (non-hydrogen) atoms. The Morgan fingerprint density at radius 1 is 1.05 bits per heavy atom. The molecule has 0 aliphatic rings. The van der Waals surface area contributed by atoms with Gasteiger partial charge in [0.05, 0.1) is 12.9 Å². The van der Waals surface area contributed by atoms with Gasteiger partial charge in [-0.05, 0) is 29.8 Å². The molecule has 2 nitrogen and oxygen atoms in total. The van der Waals surface area contributed by atoms with Crippen LogP contribution in [0.5, 0.6) is 5.75 Å². The van der Waals surface area contributed by atoms with Gasteiger partial charge < -0.3 is 4.74 Å². The van der Waals surface area contributed by atoms with Gasteiger partial charge in [0.25, 0.3) is 0 Å². The Labute approximate surface area is 127 Å². The van der Waals surface area contributed by atoms with Crippen LogP contribution in [-0.2, 0) is 10.5 Å².